The largest absolute Gasteiger partial charge is 0.464 e. The Morgan fingerprint density at radius 2 is 2.05 bits per heavy atom. The first-order valence-corrected chi connectivity index (χ1v) is 6.31. The lowest BCUT2D eigenvalue weighted by Gasteiger charge is -2.11. The van der Waals surface area contributed by atoms with Crippen molar-refractivity contribution in [2.24, 2.45) is 10.7 Å². The Balaban J connectivity index is 2.54. The molecule has 0 saturated carbocycles. The molecule has 2 rings (SSSR count). The zero-order chi connectivity index (χ0) is 13.8. The smallest absolute Gasteiger partial charge is 0.356 e. The fourth-order valence-corrected chi connectivity index (χ4v) is 2.45. The maximum Gasteiger partial charge on any atom is 0.356 e. The van der Waals surface area contributed by atoms with Crippen LogP contribution in [0.1, 0.15) is 24.0 Å². The second-order valence-corrected chi connectivity index (χ2v) is 4.47. The van der Waals surface area contributed by atoms with Gasteiger partial charge in [0, 0.05) is 23.9 Å². The van der Waals surface area contributed by atoms with Gasteiger partial charge in [-0.2, -0.15) is 0 Å². The molecule has 100 valence electrons. The second-order valence-electron chi connectivity index (χ2n) is 4.47. The van der Waals surface area contributed by atoms with Gasteiger partial charge in [-0.3, -0.25) is 4.99 Å². The molecule has 2 N–H and O–H groups in total. The number of nitrogens with zero attached hydrogens (tertiary/aromatic N) is 1. The highest BCUT2D eigenvalue weighted by molar-refractivity contribution is 6.44. The van der Waals surface area contributed by atoms with Crippen LogP contribution >= 0.6 is 0 Å². The van der Waals surface area contributed by atoms with E-state index in [1.807, 2.05) is 18.2 Å². The highest BCUT2D eigenvalue weighted by Gasteiger charge is 2.23. The molecule has 19 heavy (non-hydrogen) atoms. The van der Waals surface area contributed by atoms with E-state index >= 15 is 0 Å². The summed E-state index contributed by atoms with van der Waals surface area (Å²) >= 11 is 0. The molecule has 0 amide bonds. The number of methoxy groups -OCH3 is 1. The fraction of sp³-hybridized carbons (Fsp3) is 0.333. The molecule has 0 radical (unpaired) electrons. The summed E-state index contributed by atoms with van der Waals surface area (Å²) in [4.78, 5) is 15.8. The Morgan fingerprint density at radius 3 is 2.74 bits per heavy atom. The normalized spacial score (nSPS) is 15.8. The average molecular weight is 258 g/mol. The molecule has 4 heteroatoms. The van der Waals surface area contributed by atoms with E-state index in [0.717, 1.165) is 30.4 Å². The van der Waals surface area contributed by atoms with Gasteiger partial charge in [0.25, 0.3) is 0 Å². The number of aliphatic imine (C=N–C) groups is 1. The summed E-state index contributed by atoms with van der Waals surface area (Å²) in [5, 5.41) is 0. The molecule has 4 nitrogen and oxygen atoms in total. The number of hydrogen-bond acceptors (Lipinski definition) is 4. The van der Waals surface area contributed by atoms with Gasteiger partial charge in [0.2, 0.25) is 0 Å². The average Bonchev–Trinajstić information content (AvgIpc) is 2.60. The lowest BCUT2D eigenvalue weighted by molar-refractivity contribution is -0.132. The third-order valence-electron chi connectivity index (χ3n) is 3.39. The number of rotatable bonds is 2. The van der Waals surface area contributed by atoms with Crippen molar-refractivity contribution >= 4 is 17.4 Å². The van der Waals surface area contributed by atoms with Gasteiger partial charge in [0.1, 0.15) is 5.71 Å². The Morgan fingerprint density at radius 1 is 1.32 bits per heavy atom. The highest BCUT2D eigenvalue weighted by Crippen LogP contribution is 2.28. The lowest BCUT2D eigenvalue weighted by Crippen LogP contribution is -2.21. The van der Waals surface area contributed by atoms with Gasteiger partial charge in [-0.1, -0.05) is 24.3 Å². The van der Waals surface area contributed by atoms with E-state index in [1.54, 1.807) is 7.05 Å². The van der Waals surface area contributed by atoms with Gasteiger partial charge < -0.3 is 10.5 Å². The van der Waals surface area contributed by atoms with Crippen LogP contribution in [0.15, 0.2) is 34.8 Å². The number of benzene rings is 1. The summed E-state index contributed by atoms with van der Waals surface area (Å²) in [6.07, 6.45) is 2.64. The molecule has 0 aromatic heterocycles. The van der Waals surface area contributed by atoms with Crippen molar-refractivity contribution in [1.82, 2.24) is 0 Å². The predicted molar refractivity (Wildman–Crippen MR) is 75.9 cm³/mol. The summed E-state index contributed by atoms with van der Waals surface area (Å²) in [7, 11) is 2.94. The number of carbonyl (C=O) groups is 1. The SMILES string of the molecule is CN=C(C(=O)OC)C1=C(N)c2ccccc2CCC1. The minimum absolute atomic E-state index is 0.330. The topological polar surface area (TPSA) is 64.7 Å². The van der Waals surface area contributed by atoms with Gasteiger partial charge in [-0.25, -0.2) is 4.79 Å². The van der Waals surface area contributed by atoms with Gasteiger partial charge in [0.15, 0.2) is 0 Å². The standard InChI is InChI=1S/C15H18N2O2/c1-17-14(15(18)19-2)12-9-5-7-10-6-3-4-8-11(10)13(12)16/h3-4,6,8H,5,7,9,16H2,1-2H3. The molecular formula is C15H18N2O2. The van der Waals surface area contributed by atoms with E-state index in [0.29, 0.717) is 11.4 Å². The molecule has 0 aliphatic heterocycles. The van der Waals surface area contributed by atoms with Crippen molar-refractivity contribution in [1.29, 1.82) is 0 Å². The highest BCUT2D eigenvalue weighted by atomic mass is 16.5. The van der Waals surface area contributed by atoms with Crippen LogP contribution in [-0.4, -0.2) is 25.8 Å². The van der Waals surface area contributed by atoms with Crippen LogP contribution in [0.5, 0.6) is 0 Å². The molecule has 0 fully saturated rings. The quantitative estimate of drug-likeness (QED) is 0.651. The van der Waals surface area contributed by atoms with Crippen molar-refractivity contribution in [3.05, 3.63) is 41.0 Å². The molecule has 0 heterocycles. The van der Waals surface area contributed by atoms with Gasteiger partial charge in [0.05, 0.1) is 7.11 Å². The molecule has 1 aliphatic carbocycles. The van der Waals surface area contributed by atoms with E-state index in [1.165, 1.54) is 12.7 Å². The van der Waals surface area contributed by atoms with Crippen molar-refractivity contribution in [2.75, 3.05) is 14.2 Å². The van der Waals surface area contributed by atoms with E-state index in [9.17, 15) is 4.79 Å². The number of aryl methyl sites for hydroxylation is 1. The molecule has 0 saturated heterocycles. The molecule has 0 bridgehead atoms. The van der Waals surface area contributed by atoms with Gasteiger partial charge >= 0.3 is 5.97 Å². The van der Waals surface area contributed by atoms with E-state index < -0.39 is 5.97 Å². The van der Waals surface area contributed by atoms with Crippen LogP contribution < -0.4 is 5.73 Å². The van der Waals surface area contributed by atoms with Crippen LogP contribution in [0.3, 0.4) is 0 Å². The molecule has 0 unspecified atom stereocenters. The zero-order valence-electron chi connectivity index (χ0n) is 11.3. The van der Waals surface area contributed by atoms with Crippen LogP contribution in [-0.2, 0) is 16.0 Å². The molecule has 1 aliphatic rings. The van der Waals surface area contributed by atoms with Crippen molar-refractivity contribution in [2.45, 2.75) is 19.3 Å². The molecule has 1 aromatic rings. The molecule has 0 atom stereocenters. The minimum atomic E-state index is -0.431. The molecule has 0 spiro atoms. The summed E-state index contributed by atoms with van der Waals surface area (Å²) in [5.74, 6) is -0.431. The first kappa shape index (κ1) is 13.3. The Kier molecular flexibility index (Phi) is 4.00. The first-order chi connectivity index (χ1) is 9.19. The van der Waals surface area contributed by atoms with Crippen molar-refractivity contribution < 1.29 is 9.53 Å². The van der Waals surface area contributed by atoms with Gasteiger partial charge in [-0.05, 0) is 24.8 Å². The van der Waals surface area contributed by atoms with Crippen LogP contribution in [0.25, 0.3) is 5.70 Å². The zero-order valence-corrected chi connectivity index (χ0v) is 11.3. The van der Waals surface area contributed by atoms with Crippen molar-refractivity contribution in [3.8, 4) is 0 Å². The fourth-order valence-electron chi connectivity index (χ4n) is 2.45. The molecular weight excluding hydrogens is 240 g/mol. The van der Waals surface area contributed by atoms with Crippen LogP contribution in [0, 0.1) is 0 Å². The van der Waals surface area contributed by atoms with E-state index in [-0.39, 0.29) is 0 Å². The summed E-state index contributed by atoms with van der Waals surface area (Å²) in [5.41, 5.74) is 10.2. The van der Waals surface area contributed by atoms with E-state index in [2.05, 4.69) is 11.1 Å². The number of esters is 1. The van der Waals surface area contributed by atoms with E-state index in [4.69, 9.17) is 10.5 Å². The van der Waals surface area contributed by atoms with Crippen LogP contribution in [0.2, 0.25) is 0 Å². The number of fused-ring (bicyclic) bond motifs is 1. The summed E-state index contributed by atoms with van der Waals surface area (Å²) in [6, 6.07) is 8.02. The van der Waals surface area contributed by atoms with Gasteiger partial charge in [-0.15, -0.1) is 0 Å². The lowest BCUT2D eigenvalue weighted by atomic mass is 10.0. The Bertz CT molecular complexity index is 559. The number of nitrogens with two attached hydrogens (primary N) is 1. The Labute approximate surface area is 113 Å². The number of carbonyl (C=O) groups excluding carboxylic acids is 1. The number of ether oxygens (including phenoxy) is 1. The summed E-state index contributed by atoms with van der Waals surface area (Å²) in [6.45, 7) is 0. The first-order valence-electron chi connectivity index (χ1n) is 6.31. The van der Waals surface area contributed by atoms with Crippen LogP contribution in [0.4, 0.5) is 0 Å². The second kappa shape index (κ2) is 5.69. The number of hydrogen-bond donors (Lipinski definition) is 1. The predicted octanol–water partition coefficient (Wildman–Crippen LogP) is 1.94. The molecule has 1 aromatic carbocycles. The minimum Gasteiger partial charge on any atom is -0.464 e. The third-order valence-corrected chi connectivity index (χ3v) is 3.39. The summed E-state index contributed by atoms with van der Waals surface area (Å²) < 4.78 is 4.77. The monoisotopic (exact) mass is 258 g/mol. The maximum absolute atomic E-state index is 11.8. The van der Waals surface area contributed by atoms with Crippen molar-refractivity contribution in [3.63, 3.8) is 0 Å². The Hall–Kier alpha value is -2.10. The maximum atomic E-state index is 11.8. The third kappa shape index (κ3) is 2.52.